The van der Waals surface area contributed by atoms with E-state index in [-0.39, 0.29) is 6.54 Å². The molecule has 2 rings (SSSR count). The summed E-state index contributed by atoms with van der Waals surface area (Å²) in [5, 5.41) is 10.3. The van der Waals surface area contributed by atoms with E-state index in [0.29, 0.717) is 13.1 Å². The highest BCUT2D eigenvalue weighted by atomic mass is 19.1. The molecule has 3 heteroatoms. The van der Waals surface area contributed by atoms with Crippen LogP contribution in [0.15, 0.2) is 60.7 Å². The van der Waals surface area contributed by atoms with Crippen LogP contribution < -0.4 is 0 Å². The average molecular weight is 301 g/mol. The molecular weight excluding hydrogens is 277 g/mol. The van der Waals surface area contributed by atoms with Gasteiger partial charge in [0, 0.05) is 19.6 Å². The highest BCUT2D eigenvalue weighted by molar-refractivity contribution is 5.17. The number of benzene rings is 2. The minimum Gasteiger partial charge on any atom is -0.386 e. The Balaban J connectivity index is 2.13. The van der Waals surface area contributed by atoms with E-state index in [9.17, 15) is 9.50 Å². The quantitative estimate of drug-likeness (QED) is 0.841. The van der Waals surface area contributed by atoms with Gasteiger partial charge >= 0.3 is 0 Å². The van der Waals surface area contributed by atoms with Gasteiger partial charge in [-0.15, -0.1) is 0 Å². The predicted octanol–water partition coefficient (Wildman–Crippen LogP) is 3.80. The van der Waals surface area contributed by atoms with E-state index in [0.717, 1.165) is 11.1 Å². The van der Waals surface area contributed by atoms with Crippen molar-refractivity contribution >= 4 is 0 Å². The zero-order valence-electron chi connectivity index (χ0n) is 13.2. The minimum atomic E-state index is -1.36. The second-order valence-electron chi connectivity index (χ2n) is 6.09. The lowest BCUT2D eigenvalue weighted by molar-refractivity contribution is -0.0413. The number of alkyl halides is 1. The van der Waals surface area contributed by atoms with Crippen LogP contribution in [0, 0.1) is 0 Å². The lowest BCUT2D eigenvalue weighted by Gasteiger charge is -2.32. The maximum absolute atomic E-state index is 13.6. The molecule has 0 heterocycles. The summed E-state index contributed by atoms with van der Waals surface area (Å²) < 4.78 is 13.6. The zero-order chi connectivity index (χ0) is 16.0. The van der Waals surface area contributed by atoms with Gasteiger partial charge in [-0.1, -0.05) is 60.7 Å². The maximum atomic E-state index is 13.6. The molecule has 0 spiro atoms. The molecule has 0 unspecified atom stereocenters. The van der Waals surface area contributed by atoms with E-state index in [1.54, 1.807) is 6.92 Å². The van der Waals surface area contributed by atoms with Gasteiger partial charge in [0.05, 0.1) is 0 Å². The molecule has 2 atom stereocenters. The van der Waals surface area contributed by atoms with Crippen molar-refractivity contribution in [3.63, 3.8) is 0 Å². The Labute approximate surface area is 132 Å². The molecule has 0 amide bonds. The van der Waals surface area contributed by atoms with Gasteiger partial charge in [0.2, 0.25) is 0 Å². The normalized spacial score (nSPS) is 15.5. The molecule has 2 aromatic carbocycles. The first kappa shape index (κ1) is 16.7. The summed E-state index contributed by atoms with van der Waals surface area (Å²) in [6.45, 7) is 4.61. The fourth-order valence-corrected chi connectivity index (χ4v) is 2.43. The lowest BCUT2D eigenvalue weighted by Crippen LogP contribution is -2.46. The number of hydrogen-bond acceptors (Lipinski definition) is 2. The van der Waals surface area contributed by atoms with Crippen LogP contribution in [0.2, 0.25) is 0 Å². The van der Waals surface area contributed by atoms with Gasteiger partial charge in [-0.2, -0.15) is 0 Å². The van der Waals surface area contributed by atoms with Crippen molar-refractivity contribution in [3.8, 4) is 0 Å². The third-order valence-electron chi connectivity index (χ3n) is 3.90. The molecule has 0 saturated heterocycles. The minimum absolute atomic E-state index is 0.286. The Morgan fingerprint density at radius 1 is 0.955 bits per heavy atom. The van der Waals surface area contributed by atoms with E-state index in [2.05, 4.69) is 4.90 Å². The first-order chi connectivity index (χ1) is 10.5. The van der Waals surface area contributed by atoms with Crippen molar-refractivity contribution in [3.05, 3.63) is 71.8 Å². The zero-order valence-corrected chi connectivity index (χ0v) is 13.2. The van der Waals surface area contributed by atoms with Crippen LogP contribution in [0.25, 0.3) is 0 Å². The Morgan fingerprint density at radius 2 is 1.36 bits per heavy atom. The highest BCUT2D eigenvalue weighted by Crippen LogP contribution is 2.18. The van der Waals surface area contributed by atoms with E-state index < -0.39 is 11.8 Å². The average Bonchev–Trinajstić information content (AvgIpc) is 2.48. The van der Waals surface area contributed by atoms with Crippen molar-refractivity contribution in [2.45, 2.75) is 38.7 Å². The second-order valence-corrected chi connectivity index (χ2v) is 6.09. The maximum Gasteiger partial charge on any atom is 0.127 e. The van der Waals surface area contributed by atoms with Gasteiger partial charge in [-0.25, -0.2) is 4.39 Å². The molecule has 0 aliphatic rings. The van der Waals surface area contributed by atoms with Gasteiger partial charge in [0.25, 0.3) is 0 Å². The molecule has 22 heavy (non-hydrogen) atoms. The van der Waals surface area contributed by atoms with Gasteiger partial charge in [-0.05, 0) is 25.0 Å². The Morgan fingerprint density at radius 3 is 1.73 bits per heavy atom. The number of hydrogen-bond donors (Lipinski definition) is 1. The summed E-state index contributed by atoms with van der Waals surface area (Å²) in [6, 6.07) is 20.1. The van der Waals surface area contributed by atoms with Crippen LogP contribution in [0.5, 0.6) is 0 Å². The summed E-state index contributed by atoms with van der Waals surface area (Å²) in [4.78, 5) is 2.08. The van der Waals surface area contributed by atoms with E-state index in [4.69, 9.17) is 0 Å². The van der Waals surface area contributed by atoms with Crippen molar-refractivity contribution in [1.29, 1.82) is 0 Å². The van der Waals surface area contributed by atoms with Crippen molar-refractivity contribution in [2.24, 2.45) is 0 Å². The largest absolute Gasteiger partial charge is 0.386 e. The molecule has 0 aromatic heterocycles. The standard InChI is InChI=1S/C19H24FNO/c1-16(20)19(2,22)15-21(13-17-9-5-3-6-10-17)14-18-11-7-4-8-12-18/h3-12,16,22H,13-15H2,1-2H3/t16-,19+/m0/s1. The molecule has 0 bridgehead atoms. The topological polar surface area (TPSA) is 23.5 Å². The Bertz CT molecular complexity index is 513. The van der Waals surface area contributed by atoms with Crippen LogP contribution in [0.4, 0.5) is 4.39 Å². The first-order valence-electron chi connectivity index (χ1n) is 7.64. The fraction of sp³-hybridized carbons (Fsp3) is 0.368. The summed E-state index contributed by atoms with van der Waals surface area (Å²) in [5.41, 5.74) is 0.949. The molecule has 1 N–H and O–H groups in total. The Hall–Kier alpha value is -1.71. The van der Waals surface area contributed by atoms with Crippen molar-refractivity contribution in [2.75, 3.05) is 6.54 Å². The van der Waals surface area contributed by atoms with Crippen LogP contribution >= 0.6 is 0 Å². The van der Waals surface area contributed by atoms with Gasteiger partial charge in [0.1, 0.15) is 11.8 Å². The predicted molar refractivity (Wildman–Crippen MR) is 88.2 cm³/mol. The van der Waals surface area contributed by atoms with Gasteiger partial charge in [0.15, 0.2) is 0 Å². The molecule has 0 saturated carbocycles. The molecule has 2 aromatic rings. The van der Waals surface area contributed by atoms with Crippen LogP contribution in [-0.4, -0.2) is 28.3 Å². The third-order valence-corrected chi connectivity index (χ3v) is 3.90. The molecule has 118 valence electrons. The molecule has 0 radical (unpaired) electrons. The number of halogens is 1. The summed E-state index contributed by atoms with van der Waals surface area (Å²) >= 11 is 0. The van der Waals surface area contributed by atoms with Crippen LogP contribution in [-0.2, 0) is 13.1 Å². The van der Waals surface area contributed by atoms with Crippen molar-refractivity contribution < 1.29 is 9.50 Å². The summed E-state index contributed by atoms with van der Waals surface area (Å²) in [5.74, 6) is 0. The smallest absolute Gasteiger partial charge is 0.127 e. The van der Waals surface area contributed by atoms with Gasteiger partial charge in [-0.3, -0.25) is 4.90 Å². The molecular formula is C19H24FNO. The van der Waals surface area contributed by atoms with Gasteiger partial charge < -0.3 is 5.11 Å². The Kier molecular flexibility index (Phi) is 5.69. The molecule has 0 fully saturated rings. The SMILES string of the molecule is C[C@H](F)[C@](C)(O)CN(Cc1ccccc1)Cc1ccccc1. The second kappa shape index (κ2) is 7.52. The van der Waals surface area contributed by atoms with Crippen LogP contribution in [0.1, 0.15) is 25.0 Å². The molecule has 0 aliphatic heterocycles. The molecule has 0 aliphatic carbocycles. The van der Waals surface area contributed by atoms with Crippen LogP contribution in [0.3, 0.4) is 0 Å². The number of rotatable bonds is 7. The monoisotopic (exact) mass is 301 g/mol. The summed E-state index contributed by atoms with van der Waals surface area (Å²) in [6.07, 6.45) is -1.28. The molecule has 2 nitrogen and oxygen atoms in total. The first-order valence-corrected chi connectivity index (χ1v) is 7.64. The highest BCUT2D eigenvalue weighted by Gasteiger charge is 2.30. The van der Waals surface area contributed by atoms with E-state index in [1.165, 1.54) is 6.92 Å². The summed E-state index contributed by atoms with van der Waals surface area (Å²) in [7, 11) is 0. The van der Waals surface area contributed by atoms with Crippen molar-refractivity contribution in [1.82, 2.24) is 4.90 Å². The fourth-order valence-electron chi connectivity index (χ4n) is 2.43. The van der Waals surface area contributed by atoms with E-state index in [1.807, 2.05) is 60.7 Å². The number of nitrogens with zero attached hydrogens (tertiary/aromatic N) is 1. The third kappa shape index (κ3) is 4.93. The lowest BCUT2D eigenvalue weighted by atomic mass is 10.00. The van der Waals surface area contributed by atoms with E-state index >= 15 is 0 Å². The number of aliphatic hydroxyl groups is 1.